The number of rotatable bonds is 8. The number of benzene rings is 2. The van der Waals surface area contributed by atoms with Crippen molar-refractivity contribution in [3.05, 3.63) is 69.9 Å². The van der Waals surface area contributed by atoms with Gasteiger partial charge in [0.05, 0.1) is 17.1 Å². The van der Waals surface area contributed by atoms with Gasteiger partial charge in [0.1, 0.15) is 6.54 Å². The first-order valence-electron chi connectivity index (χ1n) is 11.4. The number of nitro benzene ring substituents is 1. The molecule has 9 heteroatoms. The minimum absolute atomic E-state index is 0. The van der Waals surface area contributed by atoms with Gasteiger partial charge in [0.15, 0.2) is 0 Å². The van der Waals surface area contributed by atoms with Crippen LogP contribution in [0.15, 0.2) is 48.7 Å². The van der Waals surface area contributed by atoms with Crippen molar-refractivity contribution >= 4 is 40.7 Å². The van der Waals surface area contributed by atoms with Gasteiger partial charge in [-0.15, -0.1) is 12.4 Å². The third kappa shape index (κ3) is 5.51. The van der Waals surface area contributed by atoms with E-state index in [9.17, 15) is 14.9 Å². The number of nitro groups is 1. The Morgan fingerprint density at radius 1 is 1.09 bits per heavy atom. The van der Waals surface area contributed by atoms with E-state index in [2.05, 4.69) is 22.1 Å². The van der Waals surface area contributed by atoms with E-state index in [1.807, 2.05) is 42.7 Å². The highest BCUT2D eigenvalue weighted by atomic mass is 35.5. The van der Waals surface area contributed by atoms with E-state index in [1.165, 1.54) is 10.9 Å². The normalized spacial score (nSPS) is 14.1. The number of fused-ring (bicyclic) bond motifs is 1. The summed E-state index contributed by atoms with van der Waals surface area (Å²) in [7, 11) is 0. The van der Waals surface area contributed by atoms with Crippen LogP contribution in [0.5, 0.6) is 0 Å². The molecule has 0 spiro atoms. The number of esters is 1. The second-order valence-electron chi connectivity index (χ2n) is 8.36. The average Bonchev–Trinajstić information content (AvgIpc) is 3.15. The Bertz CT molecular complexity index is 1160. The molecule has 1 aliphatic rings. The van der Waals surface area contributed by atoms with Crippen molar-refractivity contribution in [1.82, 2.24) is 9.47 Å². The van der Waals surface area contributed by atoms with Gasteiger partial charge in [0, 0.05) is 61.6 Å². The molecule has 1 aromatic heterocycles. The highest BCUT2D eigenvalue weighted by molar-refractivity contribution is 5.86. The van der Waals surface area contributed by atoms with E-state index < -0.39 is 0 Å². The first-order valence-corrected chi connectivity index (χ1v) is 11.4. The Hall–Kier alpha value is -3.10. The predicted molar refractivity (Wildman–Crippen MR) is 136 cm³/mol. The lowest BCUT2D eigenvalue weighted by atomic mass is 10.1. The third-order valence-corrected chi connectivity index (χ3v) is 6.36. The molecular weight excluding hydrogens is 456 g/mol. The first kappa shape index (κ1) is 25.5. The molecule has 0 radical (unpaired) electrons. The van der Waals surface area contributed by atoms with E-state index in [0.717, 1.165) is 55.9 Å². The van der Waals surface area contributed by atoms with Gasteiger partial charge in [-0.05, 0) is 38.0 Å². The van der Waals surface area contributed by atoms with Crippen molar-refractivity contribution in [2.75, 3.05) is 44.2 Å². The quantitative estimate of drug-likeness (QED) is 0.269. The Kier molecular flexibility index (Phi) is 8.52. The van der Waals surface area contributed by atoms with Crippen molar-refractivity contribution < 1.29 is 14.5 Å². The van der Waals surface area contributed by atoms with Gasteiger partial charge in [0.25, 0.3) is 5.69 Å². The van der Waals surface area contributed by atoms with Gasteiger partial charge >= 0.3 is 5.97 Å². The van der Waals surface area contributed by atoms with Crippen LogP contribution < -0.4 is 4.90 Å². The van der Waals surface area contributed by atoms with E-state index in [-0.39, 0.29) is 35.5 Å². The zero-order valence-corrected chi connectivity index (χ0v) is 20.4. The second kappa shape index (κ2) is 11.4. The van der Waals surface area contributed by atoms with Gasteiger partial charge in [-0.3, -0.25) is 19.8 Å². The van der Waals surface area contributed by atoms with Crippen molar-refractivity contribution in [1.29, 1.82) is 0 Å². The molecule has 0 amide bonds. The average molecular weight is 487 g/mol. The smallest absolute Gasteiger partial charge is 0.325 e. The molecule has 1 aliphatic heterocycles. The lowest BCUT2D eigenvalue weighted by molar-refractivity contribution is -0.385. The minimum atomic E-state index is -0.312. The fraction of sp³-hybridized carbons (Fsp3) is 0.400. The second-order valence-corrected chi connectivity index (χ2v) is 8.36. The van der Waals surface area contributed by atoms with Crippen LogP contribution in [0.2, 0.25) is 0 Å². The van der Waals surface area contributed by atoms with Crippen molar-refractivity contribution in [2.45, 2.75) is 26.8 Å². The zero-order valence-electron chi connectivity index (χ0n) is 19.6. The molecule has 0 N–H and O–H groups in total. The van der Waals surface area contributed by atoms with Gasteiger partial charge < -0.3 is 14.2 Å². The molecule has 0 aliphatic carbocycles. The summed E-state index contributed by atoms with van der Waals surface area (Å²) in [6.45, 7) is 8.66. The Morgan fingerprint density at radius 2 is 1.82 bits per heavy atom. The van der Waals surface area contributed by atoms with Crippen molar-refractivity contribution in [3.63, 3.8) is 0 Å². The van der Waals surface area contributed by atoms with Crippen molar-refractivity contribution in [3.8, 4) is 0 Å². The SMILES string of the molecule is CCOC(=O)Cn1cc(CCN2CCN(c3cccc([N+](=O)[O-])c3C)CC2)c2ccccc21.Cl. The number of para-hydroxylation sites is 1. The van der Waals surface area contributed by atoms with Crippen LogP contribution in [-0.2, 0) is 22.5 Å². The van der Waals surface area contributed by atoms with Gasteiger partial charge in [-0.25, -0.2) is 0 Å². The highest BCUT2D eigenvalue weighted by Gasteiger charge is 2.22. The molecule has 182 valence electrons. The maximum atomic E-state index is 12.0. The fourth-order valence-electron chi connectivity index (χ4n) is 4.64. The number of hydrogen-bond acceptors (Lipinski definition) is 6. The van der Waals surface area contributed by atoms with Crippen LogP contribution in [0, 0.1) is 17.0 Å². The molecule has 8 nitrogen and oxygen atoms in total. The molecule has 1 fully saturated rings. The summed E-state index contributed by atoms with van der Waals surface area (Å²) in [4.78, 5) is 27.6. The molecule has 0 saturated carbocycles. The lowest BCUT2D eigenvalue weighted by Crippen LogP contribution is -2.47. The Morgan fingerprint density at radius 3 is 2.53 bits per heavy atom. The largest absolute Gasteiger partial charge is 0.465 e. The van der Waals surface area contributed by atoms with Crippen LogP contribution in [0.4, 0.5) is 11.4 Å². The maximum absolute atomic E-state index is 12.0. The fourth-order valence-corrected chi connectivity index (χ4v) is 4.64. The van der Waals surface area contributed by atoms with Crippen LogP contribution in [0.3, 0.4) is 0 Å². The predicted octanol–water partition coefficient (Wildman–Crippen LogP) is 4.21. The Balaban J connectivity index is 0.00000324. The maximum Gasteiger partial charge on any atom is 0.325 e. The van der Waals surface area contributed by atoms with Crippen LogP contribution in [0.1, 0.15) is 18.1 Å². The van der Waals surface area contributed by atoms with Crippen LogP contribution in [0.25, 0.3) is 10.9 Å². The molecule has 0 bridgehead atoms. The number of anilines is 1. The standard InChI is InChI=1S/C25H30N4O4.ClH/c1-3-33-25(30)18-28-17-20(21-7-4-5-8-24(21)28)11-12-26-13-15-27(16-14-26)22-9-6-10-23(19(22)2)29(31)32;/h4-10,17H,3,11-16,18H2,1-2H3;1H. The van der Waals surface area contributed by atoms with E-state index in [4.69, 9.17) is 4.74 Å². The summed E-state index contributed by atoms with van der Waals surface area (Å²) < 4.78 is 7.10. The first-order chi connectivity index (χ1) is 16.0. The molecule has 3 aromatic rings. The highest BCUT2D eigenvalue weighted by Crippen LogP contribution is 2.29. The zero-order chi connectivity index (χ0) is 23.4. The lowest BCUT2D eigenvalue weighted by Gasteiger charge is -2.36. The van der Waals surface area contributed by atoms with Crippen molar-refractivity contribution in [2.24, 2.45) is 0 Å². The molecule has 34 heavy (non-hydrogen) atoms. The van der Waals surface area contributed by atoms with E-state index >= 15 is 0 Å². The number of nitrogens with zero attached hydrogens (tertiary/aromatic N) is 4. The van der Waals surface area contributed by atoms with E-state index in [1.54, 1.807) is 12.1 Å². The molecule has 0 atom stereocenters. The summed E-state index contributed by atoms with van der Waals surface area (Å²) in [6, 6.07) is 13.5. The Labute approximate surface area is 205 Å². The summed E-state index contributed by atoms with van der Waals surface area (Å²) in [6.07, 6.45) is 2.97. The number of hydrogen-bond donors (Lipinski definition) is 0. The molecule has 2 aromatic carbocycles. The molecule has 0 unspecified atom stereocenters. The molecule has 1 saturated heterocycles. The number of carbonyl (C=O) groups is 1. The molecular formula is C25H31ClN4O4. The number of halogens is 1. The van der Waals surface area contributed by atoms with Crippen LogP contribution in [-0.4, -0.2) is 59.7 Å². The summed E-state index contributed by atoms with van der Waals surface area (Å²) in [5, 5.41) is 12.4. The minimum Gasteiger partial charge on any atom is -0.465 e. The topological polar surface area (TPSA) is 80.8 Å². The molecule has 2 heterocycles. The van der Waals surface area contributed by atoms with Crippen LogP contribution >= 0.6 is 12.4 Å². The number of aromatic nitrogens is 1. The number of carbonyl (C=O) groups excluding carboxylic acids is 1. The number of piperazine rings is 1. The summed E-state index contributed by atoms with van der Waals surface area (Å²) in [5.41, 5.74) is 4.13. The molecule has 4 rings (SSSR count). The summed E-state index contributed by atoms with van der Waals surface area (Å²) >= 11 is 0. The monoisotopic (exact) mass is 486 g/mol. The third-order valence-electron chi connectivity index (χ3n) is 6.36. The van der Waals surface area contributed by atoms with E-state index in [0.29, 0.717) is 6.61 Å². The summed E-state index contributed by atoms with van der Waals surface area (Å²) in [5.74, 6) is -0.225. The van der Waals surface area contributed by atoms with Gasteiger partial charge in [-0.1, -0.05) is 24.3 Å². The van der Waals surface area contributed by atoms with Gasteiger partial charge in [-0.2, -0.15) is 0 Å². The van der Waals surface area contributed by atoms with Gasteiger partial charge in [0.2, 0.25) is 0 Å². The number of ether oxygens (including phenoxy) is 1.